The van der Waals surface area contributed by atoms with Gasteiger partial charge in [-0.25, -0.2) is 4.98 Å². The number of pyridine rings is 1. The number of nitrogens with two attached hydrogens (primary N) is 1. The third-order valence-electron chi connectivity index (χ3n) is 8.12. The molecule has 0 bridgehead atoms. The van der Waals surface area contributed by atoms with Crippen molar-refractivity contribution < 1.29 is 9.90 Å². The molecule has 2 aromatic rings. The SMILES string of the molecule is Cc1cc(N2CC[C@@](C#N)(C3CC3)C2(C)O)cc(C(=O)NCc2cc(C#N)cc(C(C=NC3CC3)=CN)c2)n1. The average Bonchev–Trinajstić information content (AvgIpc) is 3.85. The summed E-state index contributed by atoms with van der Waals surface area (Å²) in [7, 11) is 0. The van der Waals surface area contributed by atoms with Crippen molar-refractivity contribution in [1.82, 2.24) is 10.3 Å². The molecular weight excluding hydrogens is 490 g/mol. The van der Waals surface area contributed by atoms with Crippen LogP contribution in [0.15, 0.2) is 41.5 Å². The highest BCUT2D eigenvalue weighted by molar-refractivity contribution is 6.09. The number of nitrogens with zero attached hydrogens (tertiary/aromatic N) is 5. The standard InChI is InChI=1S/C30H33N7O2/c1-19-9-26(37-8-7-30(18-33,24-3-4-24)29(37,2)39)13-27(36-19)28(38)35-16-21-10-20(14-31)11-22(12-21)23(15-32)17-34-25-5-6-25/h9-13,15,17,24-25,39H,3-8,16,32H2,1-2H3,(H,35,38)/t29?,30-/m1/s1. The molecule has 0 radical (unpaired) electrons. The van der Waals surface area contributed by atoms with E-state index in [0.717, 1.165) is 36.8 Å². The maximum atomic E-state index is 13.2. The second-order valence-electron chi connectivity index (χ2n) is 11.0. The van der Waals surface area contributed by atoms with Crippen LogP contribution in [0, 0.1) is 40.9 Å². The number of anilines is 1. The van der Waals surface area contributed by atoms with Crippen LogP contribution in [-0.2, 0) is 6.54 Å². The van der Waals surface area contributed by atoms with Gasteiger partial charge in [0, 0.05) is 42.5 Å². The van der Waals surface area contributed by atoms with Crippen molar-refractivity contribution in [3.8, 4) is 12.1 Å². The summed E-state index contributed by atoms with van der Waals surface area (Å²) in [5.41, 5.74) is 7.86. The van der Waals surface area contributed by atoms with Gasteiger partial charge in [0.25, 0.3) is 5.91 Å². The average molecular weight is 524 g/mol. The Morgan fingerprint density at radius 2 is 2.03 bits per heavy atom. The number of carbonyl (C=O) groups is 1. The largest absolute Gasteiger partial charge is 0.404 e. The van der Waals surface area contributed by atoms with Gasteiger partial charge in [0.1, 0.15) is 11.1 Å². The van der Waals surface area contributed by atoms with Crippen LogP contribution in [0.5, 0.6) is 0 Å². The van der Waals surface area contributed by atoms with E-state index >= 15 is 0 Å². The van der Waals surface area contributed by atoms with E-state index in [1.54, 1.807) is 38.3 Å². The highest BCUT2D eigenvalue weighted by Crippen LogP contribution is 2.58. The number of hydrogen-bond donors (Lipinski definition) is 3. The number of allylic oxidation sites excluding steroid dienone is 1. The second-order valence-corrected chi connectivity index (χ2v) is 11.0. The lowest BCUT2D eigenvalue weighted by atomic mass is 9.75. The number of aromatic nitrogens is 1. The lowest BCUT2D eigenvalue weighted by Gasteiger charge is -2.40. The molecule has 0 spiro atoms. The molecule has 5 rings (SSSR count). The summed E-state index contributed by atoms with van der Waals surface area (Å²) in [4.78, 5) is 23.9. The van der Waals surface area contributed by atoms with Crippen molar-refractivity contribution in [3.63, 3.8) is 0 Å². The van der Waals surface area contributed by atoms with Crippen LogP contribution >= 0.6 is 0 Å². The Morgan fingerprint density at radius 1 is 1.26 bits per heavy atom. The fourth-order valence-corrected chi connectivity index (χ4v) is 5.63. The summed E-state index contributed by atoms with van der Waals surface area (Å²) < 4.78 is 0. The zero-order valence-corrected chi connectivity index (χ0v) is 22.3. The number of nitrogens with one attached hydrogen (secondary N) is 1. The van der Waals surface area contributed by atoms with E-state index in [0.29, 0.717) is 41.5 Å². The van der Waals surface area contributed by atoms with Crippen LogP contribution in [0.2, 0.25) is 0 Å². The molecule has 4 N–H and O–H groups in total. The highest BCUT2D eigenvalue weighted by atomic mass is 16.3. The van der Waals surface area contributed by atoms with Crippen LogP contribution < -0.4 is 16.0 Å². The van der Waals surface area contributed by atoms with Crippen molar-refractivity contribution in [2.45, 2.75) is 64.3 Å². The van der Waals surface area contributed by atoms with Gasteiger partial charge in [0.05, 0.1) is 23.7 Å². The van der Waals surface area contributed by atoms with E-state index in [-0.39, 0.29) is 24.1 Å². The van der Waals surface area contributed by atoms with Gasteiger partial charge in [0.15, 0.2) is 5.72 Å². The molecule has 1 unspecified atom stereocenters. The lowest BCUT2D eigenvalue weighted by Crippen LogP contribution is -2.52. The minimum Gasteiger partial charge on any atom is -0.404 e. The number of aryl methyl sites for hydroxylation is 1. The minimum atomic E-state index is -1.35. The fourth-order valence-electron chi connectivity index (χ4n) is 5.63. The molecule has 3 aliphatic rings. The normalized spacial score (nSPS) is 24.9. The van der Waals surface area contributed by atoms with E-state index in [2.05, 4.69) is 27.4 Å². The Bertz CT molecular complexity index is 1440. The number of nitriles is 2. The first-order valence-electron chi connectivity index (χ1n) is 13.4. The molecule has 1 aliphatic heterocycles. The Balaban J connectivity index is 1.34. The molecule has 2 aliphatic carbocycles. The maximum absolute atomic E-state index is 13.2. The molecular formula is C30H33N7O2. The van der Waals surface area contributed by atoms with E-state index in [1.165, 1.54) is 6.20 Å². The summed E-state index contributed by atoms with van der Waals surface area (Å²) in [5.74, 6) is -0.182. The van der Waals surface area contributed by atoms with Crippen molar-refractivity contribution in [1.29, 1.82) is 10.5 Å². The fraction of sp³-hybridized carbons (Fsp3) is 0.433. The van der Waals surface area contributed by atoms with E-state index in [9.17, 15) is 20.4 Å². The number of benzene rings is 1. The van der Waals surface area contributed by atoms with Gasteiger partial charge in [-0.05, 0) is 93.3 Å². The predicted octanol–water partition coefficient (Wildman–Crippen LogP) is 3.56. The zero-order valence-electron chi connectivity index (χ0n) is 22.3. The molecule has 2 atom stereocenters. The Hall–Kier alpha value is -4.21. The first kappa shape index (κ1) is 26.4. The van der Waals surface area contributed by atoms with Crippen molar-refractivity contribution in [3.05, 3.63) is 64.6 Å². The van der Waals surface area contributed by atoms with Gasteiger partial charge in [-0.1, -0.05) is 0 Å². The third-order valence-corrected chi connectivity index (χ3v) is 8.12. The van der Waals surface area contributed by atoms with Crippen LogP contribution in [0.4, 0.5) is 5.69 Å². The summed E-state index contributed by atoms with van der Waals surface area (Å²) in [6, 6.07) is 13.8. The van der Waals surface area contributed by atoms with E-state index < -0.39 is 11.1 Å². The third kappa shape index (κ3) is 5.10. The number of hydrogen-bond acceptors (Lipinski definition) is 8. The number of rotatable bonds is 8. The molecule has 1 amide bonds. The number of aliphatic imine (C=N–C) groups is 1. The molecule has 9 nitrogen and oxygen atoms in total. The number of amides is 1. The topological polar surface area (TPSA) is 151 Å². The molecule has 1 saturated heterocycles. The van der Waals surface area contributed by atoms with Gasteiger partial charge >= 0.3 is 0 Å². The van der Waals surface area contributed by atoms with Crippen LogP contribution in [0.1, 0.15) is 71.9 Å². The molecule has 200 valence electrons. The number of carbonyl (C=O) groups excluding carboxylic acids is 1. The van der Waals surface area contributed by atoms with Crippen molar-refractivity contribution in [2.75, 3.05) is 11.4 Å². The summed E-state index contributed by atoms with van der Waals surface area (Å²) in [6.07, 6.45) is 7.84. The molecule has 2 heterocycles. The van der Waals surface area contributed by atoms with Crippen LogP contribution in [-0.4, -0.2) is 40.5 Å². The van der Waals surface area contributed by atoms with E-state index in [1.807, 2.05) is 17.0 Å². The maximum Gasteiger partial charge on any atom is 0.270 e. The predicted molar refractivity (Wildman–Crippen MR) is 148 cm³/mol. The quantitative estimate of drug-likeness (QED) is 0.447. The van der Waals surface area contributed by atoms with Crippen molar-refractivity contribution in [2.24, 2.45) is 22.1 Å². The van der Waals surface area contributed by atoms with Gasteiger partial charge in [-0.15, -0.1) is 0 Å². The van der Waals surface area contributed by atoms with Gasteiger partial charge in [0.2, 0.25) is 0 Å². The molecule has 1 aromatic heterocycles. The summed E-state index contributed by atoms with van der Waals surface area (Å²) in [5, 5.41) is 34.0. The Labute approximate surface area is 228 Å². The summed E-state index contributed by atoms with van der Waals surface area (Å²) in [6.45, 7) is 4.21. The van der Waals surface area contributed by atoms with Crippen LogP contribution in [0.3, 0.4) is 0 Å². The zero-order chi connectivity index (χ0) is 27.8. The van der Waals surface area contributed by atoms with Crippen molar-refractivity contribution >= 4 is 23.4 Å². The van der Waals surface area contributed by atoms with E-state index in [4.69, 9.17) is 5.73 Å². The first-order valence-corrected chi connectivity index (χ1v) is 13.4. The summed E-state index contributed by atoms with van der Waals surface area (Å²) >= 11 is 0. The lowest BCUT2D eigenvalue weighted by molar-refractivity contribution is -0.0238. The smallest absolute Gasteiger partial charge is 0.270 e. The molecule has 39 heavy (non-hydrogen) atoms. The van der Waals surface area contributed by atoms with Crippen LogP contribution in [0.25, 0.3) is 5.57 Å². The first-order chi connectivity index (χ1) is 18.7. The van der Waals surface area contributed by atoms with Gasteiger partial charge in [-0.2, -0.15) is 10.5 Å². The Kier molecular flexibility index (Phi) is 6.88. The number of aliphatic hydroxyl groups is 1. The highest BCUT2D eigenvalue weighted by Gasteiger charge is 2.63. The van der Waals surface area contributed by atoms with Gasteiger partial charge < -0.3 is 21.1 Å². The van der Waals surface area contributed by atoms with Gasteiger partial charge in [-0.3, -0.25) is 9.79 Å². The molecule has 3 fully saturated rings. The molecule has 2 saturated carbocycles. The Morgan fingerprint density at radius 3 is 2.67 bits per heavy atom. The monoisotopic (exact) mass is 523 g/mol. The second kappa shape index (κ2) is 10.2. The molecule has 9 heteroatoms. The minimum absolute atomic E-state index is 0.185. The molecule has 1 aromatic carbocycles.